The molecule has 0 aliphatic carbocycles. The molecule has 0 amide bonds. The minimum absolute atomic E-state index is 0.449. The molecule has 1 aromatic carbocycles. The van der Waals surface area contributed by atoms with Crippen molar-refractivity contribution in [1.29, 1.82) is 0 Å². The van der Waals surface area contributed by atoms with Crippen LogP contribution in [0.15, 0.2) is 35.7 Å². The summed E-state index contributed by atoms with van der Waals surface area (Å²) in [6.07, 6.45) is 3.90. The van der Waals surface area contributed by atoms with Gasteiger partial charge in [0.15, 0.2) is 5.82 Å². The Hall–Kier alpha value is -2.02. The maximum atomic E-state index is 5.34. The lowest BCUT2D eigenvalue weighted by Gasteiger charge is -2.24. The number of aromatic nitrogens is 2. The molecule has 2 fully saturated rings. The summed E-state index contributed by atoms with van der Waals surface area (Å²) in [5.74, 6) is 1.86. The Labute approximate surface area is 170 Å². The molecule has 3 aromatic rings. The summed E-state index contributed by atoms with van der Waals surface area (Å²) in [5, 5.41) is 3.42. The summed E-state index contributed by atoms with van der Waals surface area (Å²) in [4.78, 5) is 16.0. The Morgan fingerprint density at radius 3 is 2.71 bits per heavy atom. The highest BCUT2D eigenvalue weighted by atomic mass is 32.1. The first-order valence-corrected chi connectivity index (χ1v) is 11.0. The lowest BCUT2D eigenvalue weighted by atomic mass is 10.1. The second-order valence-electron chi connectivity index (χ2n) is 7.72. The summed E-state index contributed by atoms with van der Waals surface area (Å²) >= 11 is 1.70. The van der Waals surface area contributed by atoms with Crippen molar-refractivity contribution >= 4 is 27.4 Å². The second-order valence-corrected chi connectivity index (χ2v) is 8.58. The van der Waals surface area contributed by atoms with Crippen LogP contribution in [0.4, 0.5) is 5.82 Å². The summed E-state index contributed by atoms with van der Waals surface area (Å²) in [7, 11) is 1.70. The third-order valence-corrected chi connectivity index (χ3v) is 6.81. The quantitative estimate of drug-likeness (QED) is 0.649. The Kier molecular flexibility index (Phi) is 5.01. The SMILES string of the molecule is COCc1nc(N2CCC(N3CCCC3)C2)c2c(-c3ccccc3)csc2n1. The van der Waals surface area contributed by atoms with Crippen LogP contribution in [0.2, 0.25) is 0 Å². The van der Waals surface area contributed by atoms with Gasteiger partial charge in [-0.2, -0.15) is 0 Å². The van der Waals surface area contributed by atoms with E-state index in [-0.39, 0.29) is 0 Å². The summed E-state index contributed by atoms with van der Waals surface area (Å²) in [6.45, 7) is 5.07. The number of nitrogens with zero attached hydrogens (tertiary/aromatic N) is 4. The van der Waals surface area contributed by atoms with Crippen LogP contribution in [0.5, 0.6) is 0 Å². The molecule has 0 bridgehead atoms. The largest absolute Gasteiger partial charge is 0.377 e. The molecule has 146 valence electrons. The third-order valence-electron chi connectivity index (χ3n) is 5.94. The molecular weight excluding hydrogens is 368 g/mol. The first-order chi connectivity index (χ1) is 13.8. The van der Waals surface area contributed by atoms with Crippen molar-refractivity contribution in [2.24, 2.45) is 0 Å². The van der Waals surface area contributed by atoms with Crippen LogP contribution in [0.1, 0.15) is 25.1 Å². The molecule has 1 unspecified atom stereocenters. The standard InChI is InChI=1S/C22H26N4OS/c1-27-14-19-23-21(26-12-9-17(13-26)25-10-5-6-11-25)20-18(15-28-22(20)24-19)16-7-3-2-4-8-16/h2-4,7-8,15,17H,5-6,9-14H2,1H3. The van der Waals surface area contributed by atoms with Gasteiger partial charge < -0.3 is 9.64 Å². The predicted molar refractivity (Wildman–Crippen MR) is 115 cm³/mol. The van der Waals surface area contributed by atoms with Crippen LogP contribution >= 0.6 is 11.3 Å². The fourth-order valence-corrected chi connectivity index (χ4v) is 5.52. The van der Waals surface area contributed by atoms with Gasteiger partial charge in [0.05, 0.1) is 5.39 Å². The first kappa shape index (κ1) is 18.0. The van der Waals surface area contributed by atoms with Gasteiger partial charge in [-0.3, -0.25) is 4.90 Å². The van der Waals surface area contributed by atoms with Gasteiger partial charge >= 0.3 is 0 Å². The Balaban J connectivity index is 1.56. The molecule has 0 saturated carbocycles. The third kappa shape index (κ3) is 3.30. The van der Waals surface area contributed by atoms with Crippen molar-refractivity contribution in [1.82, 2.24) is 14.9 Å². The van der Waals surface area contributed by atoms with Crippen LogP contribution < -0.4 is 4.90 Å². The summed E-state index contributed by atoms with van der Waals surface area (Å²) < 4.78 is 5.34. The second kappa shape index (κ2) is 7.78. The van der Waals surface area contributed by atoms with Gasteiger partial charge in [0.2, 0.25) is 0 Å². The molecule has 2 aromatic heterocycles. The van der Waals surface area contributed by atoms with Crippen LogP contribution in [0.3, 0.4) is 0 Å². The van der Waals surface area contributed by atoms with Gasteiger partial charge in [-0.15, -0.1) is 11.3 Å². The van der Waals surface area contributed by atoms with E-state index in [4.69, 9.17) is 14.7 Å². The van der Waals surface area contributed by atoms with Gasteiger partial charge in [0.1, 0.15) is 17.3 Å². The molecule has 4 heterocycles. The zero-order chi connectivity index (χ0) is 18.9. The van der Waals surface area contributed by atoms with Crippen molar-refractivity contribution in [3.8, 4) is 11.1 Å². The van der Waals surface area contributed by atoms with E-state index in [0.29, 0.717) is 12.6 Å². The van der Waals surface area contributed by atoms with E-state index in [1.807, 2.05) is 0 Å². The van der Waals surface area contributed by atoms with Crippen LogP contribution in [0.25, 0.3) is 21.3 Å². The molecule has 2 aliphatic rings. The highest BCUT2D eigenvalue weighted by Gasteiger charge is 2.31. The fraction of sp³-hybridized carbons (Fsp3) is 0.455. The van der Waals surface area contributed by atoms with E-state index in [1.54, 1.807) is 18.4 Å². The molecule has 2 saturated heterocycles. The summed E-state index contributed by atoms with van der Waals surface area (Å²) in [5.41, 5.74) is 2.47. The van der Waals surface area contributed by atoms with E-state index >= 15 is 0 Å². The molecule has 2 aliphatic heterocycles. The number of anilines is 1. The monoisotopic (exact) mass is 394 g/mol. The fourth-order valence-electron chi connectivity index (χ4n) is 4.56. The molecular formula is C22H26N4OS. The van der Waals surface area contributed by atoms with E-state index in [1.165, 1.54) is 48.9 Å². The maximum absolute atomic E-state index is 5.34. The van der Waals surface area contributed by atoms with Gasteiger partial charge in [-0.25, -0.2) is 9.97 Å². The molecule has 28 heavy (non-hydrogen) atoms. The Morgan fingerprint density at radius 1 is 1.11 bits per heavy atom. The van der Waals surface area contributed by atoms with Gasteiger partial charge in [-0.1, -0.05) is 30.3 Å². The van der Waals surface area contributed by atoms with Crippen LogP contribution in [-0.2, 0) is 11.3 Å². The number of methoxy groups -OCH3 is 1. The zero-order valence-corrected chi connectivity index (χ0v) is 17.1. The molecule has 0 radical (unpaired) electrons. The lowest BCUT2D eigenvalue weighted by molar-refractivity contribution is 0.178. The number of rotatable bonds is 5. The Morgan fingerprint density at radius 2 is 1.93 bits per heavy atom. The molecule has 5 rings (SSSR count). The maximum Gasteiger partial charge on any atom is 0.158 e. The van der Waals surface area contributed by atoms with Gasteiger partial charge in [0.25, 0.3) is 0 Å². The minimum Gasteiger partial charge on any atom is -0.377 e. The average molecular weight is 395 g/mol. The molecule has 1 atom stereocenters. The normalized spacial score (nSPS) is 20.5. The highest BCUT2D eigenvalue weighted by molar-refractivity contribution is 7.17. The van der Waals surface area contributed by atoms with E-state index in [2.05, 4.69) is 45.5 Å². The minimum atomic E-state index is 0.449. The van der Waals surface area contributed by atoms with E-state index in [0.717, 1.165) is 29.6 Å². The molecule has 0 spiro atoms. The number of benzene rings is 1. The first-order valence-electron chi connectivity index (χ1n) is 10.1. The lowest BCUT2D eigenvalue weighted by Crippen LogP contribution is -2.35. The average Bonchev–Trinajstić information content (AvgIpc) is 3.47. The number of ether oxygens (including phenoxy) is 1. The molecule has 5 nitrogen and oxygen atoms in total. The molecule has 0 N–H and O–H groups in total. The predicted octanol–water partition coefficient (Wildman–Crippen LogP) is 4.18. The topological polar surface area (TPSA) is 41.5 Å². The van der Waals surface area contributed by atoms with Crippen molar-refractivity contribution in [2.75, 3.05) is 38.2 Å². The van der Waals surface area contributed by atoms with Crippen molar-refractivity contribution < 1.29 is 4.74 Å². The zero-order valence-electron chi connectivity index (χ0n) is 16.3. The number of thiophene rings is 1. The smallest absolute Gasteiger partial charge is 0.158 e. The molecule has 6 heteroatoms. The van der Waals surface area contributed by atoms with Gasteiger partial charge in [-0.05, 0) is 37.9 Å². The van der Waals surface area contributed by atoms with Crippen molar-refractivity contribution in [2.45, 2.75) is 31.9 Å². The van der Waals surface area contributed by atoms with Crippen LogP contribution in [0, 0.1) is 0 Å². The van der Waals surface area contributed by atoms with Crippen LogP contribution in [-0.4, -0.2) is 54.2 Å². The van der Waals surface area contributed by atoms with Gasteiger partial charge in [0, 0.05) is 37.2 Å². The van der Waals surface area contributed by atoms with Crippen molar-refractivity contribution in [3.05, 3.63) is 41.5 Å². The Bertz CT molecular complexity index is 952. The highest BCUT2D eigenvalue weighted by Crippen LogP contribution is 2.39. The number of hydrogen-bond donors (Lipinski definition) is 0. The summed E-state index contributed by atoms with van der Waals surface area (Å²) in [6, 6.07) is 11.2. The van der Waals surface area contributed by atoms with E-state index < -0.39 is 0 Å². The van der Waals surface area contributed by atoms with Crippen molar-refractivity contribution in [3.63, 3.8) is 0 Å². The number of fused-ring (bicyclic) bond motifs is 1. The van der Waals surface area contributed by atoms with E-state index in [9.17, 15) is 0 Å². The number of hydrogen-bond acceptors (Lipinski definition) is 6. The number of likely N-dealkylation sites (tertiary alicyclic amines) is 1.